The molecular formula is C15H19N3O. The molecule has 0 bridgehead atoms. The van der Waals surface area contributed by atoms with Gasteiger partial charge >= 0.3 is 0 Å². The van der Waals surface area contributed by atoms with E-state index in [9.17, 15) is 4.79 Å². The van der Waals surface area contributed by atoms with Crippen molar-refractivity contribution in [2.75, 3.05) is 6.54 Å². The fourth-order valence-electron chi connectivity index (χ4n) is 2.43. The van der Waals surface area contributed by atoms with E-state index in [1.54, 1.807) is 12.1 Å². The molecule has 3 N–H and O–H groups in total. The second-order valence-electron chi connectivity index (χ2n) is 5.32. The van der Waals surface area contributed by atoms with Gasteiger partial charge in [-0.15, -0.1) is 0 Å². The van der Waals surface area contributed by atoms with E-state index in [0.29, 0.717) is 25.1 Å². The average molecular weight is 257 g/mol. The molecule has 100 valence electrons. The summed E-state index contributed by atoms with van der Waals surface area (Å²) >= 11 is 0. The van der Waals surface area contributed by atoms with Gasteiger partial charge in [-0.2, -0.15) is 5.26 Å². The Hall–Kier alpha value is -1.86. The molecule has 19 heavy (non-hydrogen) atoms. The highest BCUT2D eigenvalue weighted by molar-refractivity contribution is 5.76. The van der Waals surface area contributed by atoms with Crippen molar-refractivity contribution in [2.24, 2.45) is 11.1 Å². The van der Waals surface area contributed by atoms with E-state index in [4.69, 9.17) is 11.0 Å². The Balaban J connectivity index is 1.81. The zero-order valence-electron chi connectivity index (χ0n) is 11.0. The lowest BCUT2D eigenvalue weighted by Crippen LogP contribution is -2.41. The van der Waals surface area contributed by atoms with Crippen LogP contribution in [0.25, 0.3) is 0 Å². The molecule has 0 aliphatic heterocycles. The van der Waals surface area contributed by atoms with Crippen LogP contribution < -0.4 is 11.1 Å². The predicted octanol–water partition coefficient (Wildman–Crippen LogP) is 1.69. The minimum Gasteiger partial charge on any atom is -0.352 e. The molecule has 4 nitrogen and oxygen atoms in total. The molecule has 4 heteroatoms. The van der Waals surface area contributed by atoms with Gasteiger partial charge < -0.3 is 11.1 Å². The molecule has 1 saturated carbocycles. The first-order valence-electron chi connectivity index (χ1n) is 6.63. The molecule has 1 aliphatic rings. The van der Waals surface area contributed by atoms with Crippen molar-refractivity contribution < 1.29 is 4.79 Å². The van der Waals surface area contributed by atoms with E-state index < -0.39 is 0 Å². The van der Waals surface area contributed by atoms with Gasteiger partial charge in [-0.25, -0.2) is 0 Å². The van der Waals surface area contributed by atoms with Crippen LogP contribution in [0.2, 0.25) is 0 Å². The zero-order chi connectivity index (χ0) is 13.7. The number of nitrogens with one attached hydrogen (secondary N) is 1. The van der Waals surface area contributed by atoms with E-state index >= 15 is 0 Å². The molecule has 0 saturated heterocycles. The van der Waals surface area contributed by atoms with E-state index in [1.165, 1.54) is 6.42 Å². The molecule has 1 amide bonds. The number of carbonyl (C=O) groups excluding carboxylic acids is 1. The standard InChI is InChI=1S/C15H19N3O/c16-9-12-2-4-13(5-3-12)10-18-14(19)8-15(11-17)6-1-7-15/h2-5H,1,6-8,10-11,17H2,(H,18,19). The third kappa shape index (κ3) is 3.33. The Kier molecular flexibility index (Phi) is 4.18. The summed E-state index contributed by atoms with van der Waals surface area (Å²) in [6.07, 6.45) is 3.83. The van der Waals surface area contributed by atoms with Crippen LogP contribution >= 0.6 is 0 Å². The molecule has 1 aliphatic carbocycles. The number of nitrogens with zero attached hydrogens (tertiary/aromatic N) is 1. The molecule has 1 aromatic rings. The SMILES string of the molecule is N#Cc1ccc(CNC(=O)CC2(CN)CCC2)cc1. The molecule has 0 radical (unpaired) electrons. The lowest BCUT2D eigenvalue weighted by Gasteiger charge is -2.40. The van der Waals surface area contributed by atoms with Crippen molar-refractivity contribution in [1.29, 1.82) is 5.26 Å². The van der Waals surface area contributed by atoms with Gasteiger partial charge in [-0.3, -0.25) is 4.79 Å². The van der Waals surface area contributed by atoms with Crippen LogP contribution in [-0.2, 0) is 11.3 Å². The van der Waals surface area contributed by atoms with Crippen molar-refractivity contribution in [1.82, 2.24) is 5.32 Å². The summed E-state index contributed by atoms with van der Waals surface area (Å²) in [6, 6.07) is 9.31. The third-order valence-corrected chi connectivity index (χ3v) is 3.96. The number of nitriles is 1. The molecule has 1 aromatic carbocycles. The number of hydrogen-bond donors (Lipinski definition) is 2. The van der Waals surface area contributed by atoms with E-state index in [2.05, 4.69) is 11.4 Å². The van der Waals surface area contributed by atoms with Gasteiger partial charge in [0.2, 0.25) is 5.91 Å². The van der Waals surface area contributed by atoms with Crippen LogP contribution in [0.15, 0.2) is 24.3 Å². The van der Waals surface area contributed by atoms with Crippen LogP contribution in [0.4, 0.5) is 0 Å². The zero-order valence-corrected chi connectivity index (χ0v) is 11.0. The maximum atomic E-state index is 11.9. The van der Waals surface area contributed by atoms with Gasteiger partial charge in [0.15, 0.2) is 0 Å². The Morgan fingerprint density at radius 1 is 1.37 bits per heavy atom. The molecule has 0 unspecified atom stereocenters. The number of amides is 1. The lowest BCUT2D eigenvalue weighted by molar-refractivity contribution is -0.124. The number of carbonyl (C=O) groups is 1. The number of nitrogens with two attached hydrogens (primary N) is 1. The summed E-state index contributed by atoms with van der Waals surface area (Å²) in [5, 5.41) is 11.6. The normalized spacial score (nSPS) is 16.2. The lowest BCUT2D eigenvalue weighted by atomic mass is 9.66. The van der Waals surface area contributed by atoms with Gasteiger partial charge in [0.1, 0.15) is 0 Å². The highest BCUT2D eigenvalue weighted by atomic mass is 16.1. The summed E-state index contributed by atoms with van der Waals surface area (Å²) in [7, 11) is 0. The van der Waals surface area contributed by atoms with Crippen LogP contribution in [0.3, 0.4) is 0 Å². The van der Waals surface area contributed by atoms with Crippen LogP contribution in [-0.4, -0.2) is 12.5 Å². The monoisotopic (exact) mass is 257 g/mol. The first kappa shape index (κ1) is 13.6. The molecule has 1 fully saturated rings. The predicted molar refractivity (Wildman–Crippen MR) is 73.0 cm³/mol. The van der Waals surface area contributed by atoms with Crippen molar-refractivity contribution in [2.45, 2.75) is 32.2 Å². The quantitative estimate of drug-likeness (QED) is 0.842. The molecular weight excluding hydrogens is 238 g/mol. The number of rotatable bonds is 5. The van der Waals surface area contributed by atoms with Crippen LogP contribution in [0.1, 0.15) is 36.8 Å². The van der Waals surface area contributed by atoms with Crippen LogP contribution in [0, 0.1) is 16.7 Å². The van der Waals surface area contributed by atoms with E-state index in [-0.39, 0.29) is 11.3 Å². The Labute approximate surface area is 113 Å². The summed E-state index contributed by atoms with van der Waals surface area (Å²) in [5.74, 6) is 0.0644. The van der Waals surface area contributed by atoms with E-state index in [0.717, 1.165) is 18.4 Å². The molecule has 2 rings (SSSR count). The first-order valence-corrected chi connectivity index (χ1v) is 6.63. The minimum atomic E-state index is 0.0503. The second kappa shape index (κ2) is 5.85. The van der Waals surface area contributed by atoms with Gasteiger partial charge in [0, 0.05) is 13.0 Å². The van der Waals surface area contributed by atoms with Crippen LogP contribution in [0.5, 0.6) is 0 Å². The van der Waals surface area contributed by atoms with Crippen molar-refractivity contribution in [3.05, 3.63) is 35.4 Å². The Bertz CT molecular complexity index is 478. The molecule has 0 atom stereocenters. The highest BCUT2D eigenvalue weighted by Crippen LogP contribution is 2.42. The molecule has 0 spiro atoms. The average Bonchev–Trinajstić information content (AvgIpc) is 2.41. The summed E-state index contributed by atoms with van der Waals surface area (Å²) < 4.78 is 0. The first-order chi connectivity index (χ1) is 9.17. The van der Waals surface area contributed by atoms with Gasteiger partial charge in [0.05, 0.1) is 11.6 Å². The van der Waals surface area contributed by atoms with Gasteiger partial charge in [-0.05, 0) is 42.5 Å². The summed E-state index contributed by atoms with van der Waals surface area (Å²) in [5.41, 5.74) is 7.43. The van der Waals surface area contributed by atoms with Gasteiger partial charge in [0.25, 0.3) is 0 Å². The second-order valence-corrected chi connectivity index (χ2v) is 5.32. The minimum absolute atomic E-state index is 0.0503. The van der Waals surface area contributed by atoms with Gasteiger partial charge in [-0.1, -0.05) is 18.6 Å². The molecule has 0 heterocycles. The van der Waals surface area contributed by atoms with Crippen molar-refractivity contribution >= 4 is 5.91 Å². The maximum absolute atomic E-state index is 11.9. The fraction of sp³-hybridized carbons (Fsp3) is 0.467. The number of hydrogen-bond acceptors (Lipinski definition) is 3. The maximum Gasteiger partial charge on any atom is 0.220 e. The third-order valence-electron chi connectivity index (χ3n) is 3.96. The largest absolute Gasteiger partial charge is 0.352 e. The van der Waals surface area contributed by atoms with E-state index in [1.807, 2.05) is 12.1 Å². The van der Waals surface area contributed by atoms with Crippen molar-refractivity contribution in [3.63, 3.8) is 0 Å². The highest BCUT2D eigenvalue weighted by Gasteiger charge is 2.37. The number of benzene rings is 1. The Morgan fingerprint density at radius 3 is 2.53 bits per heavy atom. The van der Waals surface area contributed by atoms with Crippen molar-refractivity contribution in [3.8, 4) is 6.07 Å². The summed E-state index contributed by atoms with van der Waals surface area (Å²) in [4.78, 5) is 11.9. The molecule has 0 aromatic heterocycles. The fourth-order valence-corrected chi connectivity index (χ4v) is 2.43. The smallest absolute Gasteiger partial charge is 0.220 e. The summed E-state index contributed by atoms with van der Waals surface area (Å²) in [6.45, 7) is 1.10. The topological polar surface area (TPSA) is 78.9 Å². The Morgan fingerprint density at radius 2 is 2.05 bits per heavy atom.